The van der Waals surface area contributed by atoms with Crippen molar-refractivity contribution in [3.8, 4) is 18.4 Å². The zero-order valence-electron chi connectivity index (χ0n) is 9.48. The van der Waals surface area contributed by atoms with E-state index in [4.69, 9.17) is 11.7 Å². The first-order valence-electron chi connectivity index (χ1n) is 5.48. The van der Waals surface area contributed by atoms with Gasteiger partial charge in [-0.05, 0) is 24.3 Å². The molecule has 0 atom stereocenters. The van der Waals surface area contributed by atoms with Crippen molar-refractivity contribution >= 4 is 10.9 Å². The van der Waals surface area contributed by atoms with Crippen LogP contribution in [0.25, 0.3) is 10.9 Å². The average molecular weight is 223 g/mol. The van der Waals surface area contributed by atoms with Gasteiger partial charge < -0.3 is 9.88 Å². The van der Waals surface area contributed by atoms with Crippen molar-refractivity contribution < 1.29 is 0 Å². The fourth-order valence-corrected chi connectivity index (χ4v) is 1.82. The highest BCUT2D eigenvalue weighted by atomic mass is 15.0. The number of hydrogen-bond donors (Lipinski definition) is 1. The van der Waals surface area contributed by atoms with E-state index in [0.29, 0.717) is 12.1 Å². The van der Waals surface area contributed by atoms with Crippen molar-refractivity contribution in [2.75, 3.05) is 13.1 Å². The Balaban J connectivity index is 2.14. The molecule has 0 fully saturated rings. The molecule has 0 aliphatic rings. The lowest BCUT2D eigenvalue weighted by molar-refractivity contribution is 0.644. The first-order chi connectivity index (χ1) is 8.35. The Morgan fingerprint density at radius 2 is 2.24 bits per heavy atom. The summed E-state index contributed by atoms with van der Waals surface area (Å²) in [7, 11) is 0. The summed E-state index contributed by atoms with van der Waals surface area (Å²) in [6.07, 6.45) is 7.19. The van der Waals surface area contributed by atoms with E-state index < -0.39 is 0 Å². The number of terminal acetylenes is 1. The van der Waals surface area contributed by atoms with Gasteiger partial charge in [0.05, 0.1) is 18.2 Å². The van der Waals surface area contributed by atoms with Crippen LogP contribution in [0.4, 0.5) is 0 Å². The molecular formula is C14H13N3. The molecule has 17 heavy (non-hydrogen) atoms. The van der Waals surface area contributed by atoms with Gasteiger partial charge in [0.15, 0.2) is 0 Å². The van der Waals surface area contributed by atoms with Gasteiger partial charge in [-0.1, -0.05) is 5.92 Å². The van der Waals surface area contributed by atoms with Gasteiger partial charge in [-0.3, -0.25) is 0 Å². The molecule has 84 valence electrons. The van der Waals surface area contributed by atoms with Crippen molar-refractivity contribution in [3.63, 3.8) is 0 Å². The van der Waals surface area contributed by atoms with Crippen LogP contribution in [0.2, 0.25) is 0 Å². The monoisotopic (exact) mass is 223 g/mol. The molecule has 0 unspecified atom stereocenters. The van der Waals surface area contributed by atoms with Gasteiger partial charge in [0.2, 0.25) is 0 Å². The minimum absolute atomic E-state index is 0.595. The number of nitriles is 1. The minimum atomic E-state index is 0.595. The Hall–Kier alpha value is -2.23. The number of aromatic nitrogens is 1. The third-order valence-electron chi connectivity index (χ3n) is 2.66. The molecule has 0 saturated carbocycles. The molecule has 1 aromatic heterocycles. The molecule has 0 amide bonds. The van der Waals surface area contributed by atoms with E-state index in [0.717, 1.165) is 24.0 Å². The van der Waals surface area contributed by atoms with Crippen LogP contribution in [-0.2, 0) is 6.54 Å². The standard InChI is InChI=1S/C14H13N3/c1-2-6-16-7-9-17-8-5-13-10-12(11-15)3-4-14(13)17/h1,3-5,8,10,16H,6-7,9H2. The van der Waals surface area contributed by atoms with Crippen LogP contribution in [0.1, 0.15) is 5.56 Å². The number of nitrogens with zero attached hydrogens (tertiary/aromatic N) is 2. The first kappa shape index (κ1) is 11.3. The highest BCUT2D eigenvalue weighted by Crippen LogP contribution is 2.17. The van der Waals surface area contributed by atoms with Crippen molar-refractivity contribution in [2.45, 2.75) is 6.54 Å². The molecule has 1 heterocycles. The third kappa shape index (κ3) is 2.47. The quantitative estimate of drug-likeness (QED) is 0.633. The van der Waals surface area contributed by atoms with Crippen molar-refractivity contribution in [1.29, 1.82) is 5.26 Å². The summed E-state index contributed by atoms with van der Waals surface area (Å²) in [6, 6.07) is 9.90. The summed E-state index contributed by atoms with van der Waals surface area (Å²) in [5, 5.41) is 13.1. The van der Waals surface area contributed by atoms with E-state index in [9.17, 15) is 0 Å². The normalized spacial score (nSPS) is 10.0. The Labute approximate surface area is 101 Å². The highest BCUT2D eigenvalue weighted by Gasteiger charge is 2.01. The molecule has 3 heteroatoms. The second-order valence-electron chi connectivity index (χ2n) is 3.78. The number of rotatable bonds is 4. The summed E-state index contributed by atoms with van der Waals surface area (Å²) < 4.78 is 2.15. The Kier molecular flexibility index (Phi) is 3.45. The number of nitrogens with one attached hydrogen (secondary N) is 1. The van der Waals surface area contributed by atoms with Crippen LogP contribution >= 0.6 is 0 Å². The highest BCUT2D eigenvalue weighted by molar-refractivity contribution is 5.81. The molecule has 3 nitrogen and oxygen atoms in total. The predicted molar refractivity (Wildman–Crippen MR) is 68.4 cm³/mol. The maximum absolute atomic E-state index is 8.82. The van der Waals surface area contributed by atoms with E-state index in [1.165, 1.54) is 0 Å². The molecule has 0 bridgehead atoms. The van der Waals surface area contributed by atoms with Gasteiger partial charge in [-0.2, -0.15) is 5.26 Å². The third-order valence-corrected chi connectivity index (χ3v) is 2.66. The molecule has 1 aromatic carbocycles. The lowest BCUT2D eigenvalue weighted by atomic mass is 10.2. The SMILES string of the molecule is C#CCNCCn1ccc2cc(C#N)ccc21. The van der Waals surface area contributed by atoms with E-state index in [1.54, 1.807) is 0 Å². The van der Waals surface area contributed by atoms with Crippen LogP contribution in [-0.4, -0.2) is 17.7 Å². The molecule has 0 radical (unpaired) electrons. The Morgan fingerprint density at radius 1 is 1.35 bits per heavy atom. The molecule has 0 saturated heterocycles. The van der Waals surface area contributed by atoms with Gasteiger partial charge in [-0.25, -0.2) is 0 Å². The molecular weight excluding hydrogens is 210 g/mol. The second kappa shape index (κ2) is 5.21. The van der Waals surface area contributed by atoms with E-state index in [1.807, 2.05) is 30.5 Å². The summed E-state index contributed by atoms with van der Waals surface area (Å²) in [4.78, 5) is 0. The fraction of sp³-hybridized carbons (Fsp3) is 0.214. The Morgan fingerprint density at radius 3 is 3.00 bits per heavy atom. The van der Waals surface area contributed by atoms with Crippen LogP contribution < -0.4 is 5.32 Å². The molecule has 0 spiro atoms. The topological polar surface area (TPSA) is 40.8 Å². The number of hydrogen-bond acceptors (Lipinski definition) is 2. The largest absolute Gasteiger partial charge is 0.346 e. The van der Waals surface area contributed by atoms with Gasteiger partial charge in [0.1, 0.15) is 0 Å². The van der Waals surface area contributed by atoms with Crippen LogP contribution in [0.3, 0.4) is 0 Å². The first-order valence-corrected chi connectivity index (χ1v) is 5.48. The van der Waals surface area contributed by atoms with Gasteiger partial charge >= 0.3 is 0 Å². The lowest BCUT2D eigenvalue weighted by Crippen LogP contribution is -2.19. The summed E-state index contributed by atoms with van der Waals surface area (Å²) in [5.74, 6) is 2.54. The average Bonchev–Trinajstić information content (AvgIpc) is 2.77. The number of benzene rings is 1. The van der Waals surface area contributed by atoms with Gasteiger partial charge in [0, 0.05) is 30.2 Å². The van der Waals surface area contributed by atoms with Gasteiger partial charge in [0.25, 0.3) is 0 Å². The molecule has 2 rings (SSSR count). The summed E-state index contributed by atoms with van der Waals surface area (Å²) >= 11 is 0. The van der Waals surface area contributed by atoms with Crippen molar-refractivity contribution in [3.05, 3.63) is 36.0 Å². The zero-order chi connectivity index (χ0) is 12.1. The van der Waals surface area contributed by atoms with Crippen LogP contribution in [0.15, 0.2) is 30.5 Å². The van der Waals surface area contributed by atoms with E-state index in [-0.39, 0.29) is 0 Å². The minimum Gasteiger partial charge on any atom is -0.346 e. The Bertz CT molecular complexity index is 596. The smallest absolute Gasteiger partial charge is 0.0991 e. The number of fused-ring (bicyclic) bond motifs is 1. The zero-order valence-corrected chi connectivity index (χ0v) is 9.48. The molecule has 2 aromatic rings. The maximum Gasteiger partial charge on any atom is 0.0991 e. The van der Waals surface area contributed by atoms with E-state index in [2.05, 4.69) is 21.9 Å². The van der Waals surface area contributed by atoms with E-state index >= 15 is 0 Å². The maximum atomic E-state index is 8.82. The fourth-order valence-electron chi connectivity index (χ4n) is 1.82. The predicted octanol–water partition coefficient (Wildman–Crippen LogP) is 1.74. The van der Waals surface area contributed by atoms with Crippen LogP contribution in [0, 0.1) is 23.7 Å². The van der Waals surface area contributed by atoms with Crippen molar-refractivity contribution in [1.82, 2.24) is 9.88 Å². The summed E-state index contributed by atoms with van der Waals surface area (Å²) in [6.45, 7) is 2.31. The van der Waals surface area contributed by atoms with Crippen LogP contribution in [0.5, 0.6) is 0 Å². The molecule has 0 aliphatic carbocycles. The molecule has 1 N–H and O–H groups in total. The summed E-state index contributed by atoms with van der Waals surface area (Å²) in [5.41, 5.74) is 1.84. The lowest BCUT2D eigenvalue weighted by Gasteiger charge is -2.05. The second-order valence-corrected chi connectivity index (χ2v) is 3.78. The van der Waals surface area contributed by atoms with Crippen molar-refractivity contribution in [2.24, 2.45) is 0 Å². The molecule has 0 aliphatic heterocycles. The van der Waals surface area contributed by atoms with Gasteiger partial charge in [-0.15, -0.1) is 6.42 Å².